The molecule has 0 atom stereocenters. The maximum Gasteiger partial charge on any atom is 0.220 e. The van der Waals surface area contributed by atoms with Crippen molar-refractivity contribution in [3.05, 3.63) is 47.9 Å². The summed E-state index contributed by atoms with van der Waals surface area (Å²) in [6.45, 7) is 1.86. The Morgan fingerprint density at radius 3 is 2.88 bits per heavy atom. The van der Waals surface area contributed by atoms with Crippen molar-refractivity contribution in [3.8, 4) is 11.6 Å². The Balaban J connectivity index is 2.30. The molecule has 17 heavy (non-hydrogen) atoms. The van der Waals surface area contributed by atoms with Crippen LogP contribution in [0.25, 0.3) is 0 Å². The maximum absolute atomic E-state index is 5.58. The monoisotopic (exact) mass is 245 g/mol. The molecule has 2 N–H and O–H groups in total. The minimum atomic E-state index is 0.325. The van der Waals surface area contributed by atoms with Crippen LogP contribution in [0.4, 0.5) is 0 Å². The van der Waals surface area contributed by atoms with E-state index in [4.69, 9.17) is 22.7 Å². The SMILES string of the molecule is Cc1cc(C(N)=S)cc(Oc2cccnc2)n1. The van der Waals surface area contributed by atoms with Gasteiger partial charge in [0.2, 0.25) is 5.88 Å². The molecule has 0 aliphatic carbocycles. The zero-order valence-electron chi connectivity index (χ0n) is 9.25. The van der Waals surface area contributed by atoms with Crippen LogP contribution in [0.3, 0.4) is 0 Å². The Kier molecular flexibility index (Phi) is 3.30. The normalized spacial score (nSPS) is 9.94. The van der Waals surface area contributed by atoms with E-state index < -0.39 is 0 Å². The largest absolute Gasteiger partial charge is 0.437 e. The highest BCUT2D eigenvalue weighted by atomic mass is 32.1. The first-order valence-corrected chi connectivity index (χ1v) is 5.42. The lowest BCUT2D eigenvalue weighted by Gasteiger charge is -2.07. The molecule has 0 bridgehead atoms. The maximum atomic E-state index is 5.58. The van der Waals surface area contributed by atoms with Gasteiger partial charge >= 0.3 is 0 Å². The van der Waals surface area contributed by atoms with Gasteiger partial charge in [0.1, 0.15) is 10.7 Å². The molecule has 0 unspecified atom stereocenters. The molecule has 0 saturated heterocycles. The molecule has 2 rings (SSSR count). The van der Waals surface area contributed by atoms with Crippen molar-refractivity contribution in [2.24, 2.45) is 5.73 Å². The van der Waals surface area contributed by atoms with Crippen molar-refractivity contribution in [1.29, 1.82) is 0 Å². The zero-order chi connectivity index (χ0) is 12.3. The Hall–Kier alpha value is -2.01. The molecule has 0 aliphatic rings. The molecule has 2 aromatic rings. The molecule has 0 aromatic carbocycles. The highest BCUT2D eigenvalue weighted by Crippen LogP contribution is 2.19. The van der Waals surface area contributed by atoms with Gasteiger partial charge in [0.15, 0.2) is 0 Å². The van der Waals surface area contributed by atoms with Crippen molar-refractivity contribution >= 4 is 17.2 Å². The summed E-state index contributed by atoms with van der Waals surface area (Å²) in [6.07, 6.45) is 3.29. The third kappa shape index (κ3) is 2.98. The fourth-order valence-electron chi connectivity index (χ4n) is 1.36. The summed E-state index contributed by atoms with van der Waals surface area (Å²) in [5, 5.41) is 0. The molecule has 0 fully saturated rings. The summed E-state index contributed by atoms with van der Waals surface area (Å²) in [7, 11) is 0. The van der Waals surface area contributed by atoms with E-state index >= 15 is 0 Å². The average molecular weight is 245 g/mol. The Labute approximate surface area is 104 Å². The third-order valence-electron chi connectivity index (χ3n) is 2.07. The topological polar surface area (TPSA) is 61.0 Å². The zero-order valence-corrected chi connectivity index (χ0v) is 10.1. The summed E-state index contributed by atoms with van der Waals surface area (Å²) >= 11 is 4.93. The average Bonchev–Trinajstić information content (AvgIpc) is 2.29. The molecule has 2 heterocycles. The highest BCUT2D eigenvalue weighted by Gasteiger charge is 2.04. The molecule has 0 aliphatic heterocycles. The minimum Gasteiger partial charge on any atom is -0.437 e. The fourth-order valence-corrected chi connectivity index (χ4v) is 1.48. The van der Waals surface area contributed by atoms with Crippen LogP contribution in [-0.2, 0) is 0 Å². The lowest BCUT2D eigenvalue weighted by Crippen LogP contribution is -2.10. The standard InChI is InChI=1S/C12H11N3OS/c1-8-5-9(12(13)17)6-11(15-8)16-10-3-2-4-14-7-10/h2-7H,1H3,(H2,13,17). The van der Waals surface area contributed by atoms with Gasteiger partial charge in [-0.05, 0) is 25.1 Å². The molecular weight excluding hydrogens is 234 g/mol. The van der Waals surface area contributed by atoms with Gasteiger partial charge in [0, 0.05) is 23.5 Å². The first kappa shape index (κ1) is 11.5. The van der Waals surface area contributed by atoms with Gasteiger partial charge in [0.25, 0.3) is 0 Å². The number of hydrogen-bond donors (Lipinski definition) is 1. The number of aryl methyl sites for hydroxylation is 1. The van der Waals surface area contributed by atoms with E-state index in [0.717, 1.165) is 11.3 Å². The van der Waals surface area contributed by atoms with Crippen molar-refractivity contribution in [3.63, 3.8) is 0 Å². The van der Waals surface area contributed by atoms with Gasteiger partial charge in [-0.2, -0.15) is 0 Å². The minimum absolute atomic E-state index is 0.325. The molecule has 2 aromatic heterocycles. The van der Waals surface area contributed by atoms with E-state index in [2.05, 4.69) is 9.97 Å². The van der Waals surface area contributed by atoms with Gasteiger partial charge in [-0.25, -0.2) is 4.98 Å². The van der Waals surface area contributed by atoms with E-state index in [1.165, 1.54) is 0 Å². The second kappa shape index (κ2) is 4.88. The predicted octanol–water partition coefficient (Wildman–Crippen LogP) is 2.21. The van der Waals surface area contributed by atoms with E-state index in [1.807, 2.05) is 13.0 Å². The van der Waals surface area contributed by atoms with E-state index in [9.17, 15) is 0 Å². The fraction of sp³-hybridized carbons (Fsp3) is 0.0833. The molecule has 4 nitrogen and oxygen atoms in total. The second-order valence-electron chi connectivity index (χ2n) is 3.49. The van der Waals surface area contributed by atoms with Crippen LogP contribution in [0.5, 0.6) is 11.6 Å². The Bertz CT molecular complexity index is 543. The molecule has 0 saturated carbocycles. The molecule has 5 heteroatoms. The smallest absolute Gasteiger partial charge is 0.220 e. The van der Waals surface area contributed by atoms with Crippen LogP contribution < -0.4 is 10.5 Å². The van der Waals surface area contributed by atoms with Gasteiger partial charge < -0.3 is 10.5 Å². The number of ether oxygens (including phenoxy) is 1. The number of hydrogen-bond acceptors (Lipinski definition) is 4. The van der Waals surface area contributed by atoms with Crippen LogP contribution in [-0.4, -0.2) is 15.0 Å². The second-order valence-corrected chi connectivity index (χ2v) is 3.93. The summed E-state index contributed by atoms with van der Waals surface area (Å²) in [6, 6.07) is 7.12. The highest BCUT2D eigenvalue weighted by molar-refractivity contribution is 7.80. The summed E-state index contributed by atoms with van der Waals surface area (Å²) in [5.74, 6) is 1.08. The molecule has 0 amide bonds. The lowest BCUT2D eigenvalue weighted by atomic mass is 10.2. The number of nitrogens with two attached hydrogens (primary N) is 1. The predicted molar refractivity (Wildman–Crippen MR) is 69.2 cm³/mol. The third-order valence-corrected chi connectivity index (χ3v) is 2.31. The van der Waals surface area contributed by atoms with Crippen LogP contribution in [0.15, 0.2) is 36.7 Å². The quantitative estimate of drug-likeness (QED) is 0.840. The summed E-state index contributed by atoms with van der Waals surface area (Å²) in [4.78, 5) is 8.53. The van der Waals surface area contributed by atoms with Crippen molar-refractivity contribution in [1.82, 2.24) is 9.97 Å². The van der Waals surface area contributed by atoms with Gasteiger partial charge in [-0.3, -0.25) is 4.98 Å². The van der Waals surface area contributed by atoms with E-state index in [-0.39, 0.29) is 0 Å². The Morgan fingerprint density at radius 2 is 2.24 bits per heavy atom. The van der Waals surface area contributed by atoms with Crippen molar-refractivity contribution < 1.29 is 4.74 Å². The first-order chi connectivity index (χ1) is 8.15. The Morgan fingerprint density at radius 1 is 1.41 bits per heavy atom. The van der Waals surface area contributed by atoms with Crippen molar-refractivity contribution in [2.45, 2.75) is 6.92 Å². The van der Waals surface area contributed by atoms with Gasteiger partial charge in [0.05, 0.1) is 6.20 Å². The number of nitrogens with zero attached hydrogens (tertiary/aromatic N) is 2. The van der Waals surface area contributed by atoms with Gasteiger partial charge in [-0.15, -0.1) is 0 Å². The number of aromatic nitrogens is 2. The van der Waals surface area contributed by atoms with Crippen LogP contribution in [0, 0.1) is 6.92 Å². The van der Waals surface area contributed by atoms with E-state index in [1.54, 1.807) is 30.6 Å². The van der Waals surface area contributed by atoms with Crippen LogP contribution >= 0.6 is 12.2 Å². The molecule has 0 radical (unpaired) electrons. The lowest BCUT2D eigenvalue weighted by molar-refractivity contribution is 0.459. The number of pyridine rings is 2. The first-order valence-electron chi connectivity index (χ1n) is 5.01. The molecular formula is C12H11N3OS. The molecule has 0 spiro atoms. The van der Waals surface area contributed by atoms with Crippen LogP contribution in [0.2, 0.25) is 0 Å². The van der Waals surface area contributed by atoms with Crippen LogP contribution in [0.1, 0.15) is 11.3 Å². The number of rotatable bonds is 3. The van der Waals surface area contributed by atoms with Gasteiger partial charge in [-0.1, -0.05) is 12.2 Å². The van der Waals surface area contributed by atoms with E-state index in [0.29, 0.717) is 16.6 Å². The molecule has 86 valence electrons. The van der Waals surface area contributed by atoms with Crippen molar-refractivity contribution in [2.75, 3.05) is 0 Å². The number of thiocarbonyl (C=S) groups is 1. The summed E-state index contributed by atoms with van der Waals surface area (Å²) in [5.41, 5.74) is 7.12. The summed E-state index contributed by atoms with van der Waals surface area (Å²) < 4.78 is 5.56.